The highest BCUT2D eigenvalue weighted by Crippen LogP contribution is 2.38. The predicted octanol–water partition coefficient (Wildman–Crippen LogP) is 6.44. The molecule has 1 aliphatic carbocycles. The highest BCUT2D eigenvalue weighted by atomic mass is 19.4. The van der Waals surface area contributed by atoms with Gasteiger partial charge in [-0.05, 0) is 75.4 Å². The number of carbonyl (C=O) groups is 1. The SMILES string of the molecule is COc1ccc(N(Cc2cccnc2)c2ccc(NCC(C)(C)OC(=O)C(F)(F)F)nc2)cc1OC1CCCC1. The van der Waals surface area contributed by atoms with Gasteiger partial charge in [0.15, 0.2) is 11.5 Å². The maximum atomic E-state index is 12.6. The number of aromatic nitrogens is 2. The Morgan fingerprint density at radius 2 is 1.80 bits per heavy atom. The van der Waals surface area contributed by atoms with Gasteiger partial charge in [-0.15, -0.1) is 0 Å². The van der Waals surface area contributed by atoms with E-state index in [4.69, 9.17) is 9.47 Å². The maximum Gasteiger partial charge on any atom is 0.490 e. The minimum Gasteiger partial charge on any atom is -0.493 e. The number of alkyl halides is 3. The Labute approximate surface area is 231 Å². The second-order valence-corrected chi connectivity index (χ2v) is 10.2. The van der Waals surface area contributed by atoms with Gasteiger partial charge in [-0.1, -0.05) is 6.07 Å². The van der Waals surface area contributed by atoms with Gasteiger partial charge in [0, 0.05) is 30.7 Å². The van der Waals surface area contributed by atoms with Crippen molar-refractivity contribution < 1.29 is 32.2 Å². The van der Waals surface area contributed by atoms with Gasteiger partial charge in [0.05, 0.1) is 31.6 Å². The molecule has 1 fully saturated rings. The van der Waals surface area contributed by atoms with E-state index < -0.39 is 17.7 Å². The monoisotopic (exact) mass is 558 g/mol. The summed E-state index contributed by atoms with van der Waals surface area (Å²) in [6, 6.07) is 13.2. The first-order chi connectivity index (χ1) is 19.0. The van der Waals surface area contributed by atoms with E-state index in [1.807, 2.05) is 36.4 Å². The maximum absolute atomic E-state index is 12.6. The van der Waals surface area contributed by atoms with Crippen molar-refractivity contribution in [2.24, 2.45) is 0 Å². The van der Waals surface area contributed by atoms with Crippen molar-refractivity contribution in [3.63, 3.8) is 0 Å². The summed E-state index contributed by atoms with van der Waals surface area (Å²) in [4.78, 5) is 22.0. The normalized spacial score (nSPS) is 14.1. The lowest BCUT2D eigenvalue weighted by Gasteiger charge is -2.27. The van der Waals surface area contributed by atoms with Crippen molar-refractivity contribution in [1.82, 2.24) is 9.97 Å². The molecule has 0 atom stereocenters. The third-order valence-corrected chi connectivity index (χ3v) is 6.47. The van der Waals surface area contributed by atoms with Crippen LogP contribution in [0, 0.1) is 0 Å². The fraction of sp³-hybridized carbons (Fsp3) is 0.414. The molecule has 2 heterocycles. The second-order valence-electron chi connectivity index (χ2n) is 10.2. The quantitative estimate of drug-likeness (QED) is 0.269. The van der Waals surface area contributed by atoms with Crippen LogP contribution in [-0.2, 0) is 16.1 Å². The standard InChI is InChI=1S/C29H33F3N4O4/c1-28(2,40-27(37)29(30,31)32)19-35-26-13-11-22(17-34-26)36(18-20-7-6-14-33-16-20)21-10-12-24(38-3)25(15-21)39-23-8-4-5-9-23/h6-7,10-17,23H,4-5,8-9,18-19H2,1-3H3,(H,34,35). The molecule has 0 radical (unpaired) electrons. The number of ether oxygens (including phenoxy) is 3. The highest BCUT2D eigenvalue weighted by Gasteiger charge is 2.43. The number of nitrogens with one attached hydrogen (secondary N) is 1. The Kier molecular flexibility index (Phi) is 9.01. The number of esters is 1. The Morgan fingerprint density at radius 1 is 1.05 bits per heavy atom. The Balaban J connectivity index is 1.55. The zero-order chi connectivity index (χ0) is 28.8. The number of anilines is 3. The van der Waals surface area contributed by atoms with Gasteiger partial charge < -0.3 is 24.4 Å². The first-order valence-electron chi connectivity index (χ1n) is 13.1. The van der Waals surface area contributed by atoms with Crippen molar-refractivity contribution in [1.29, 1.82) is 0 Å². The van der Waals surface area contributed by atoms with E-state index in [-0.39, 0.29) is 12.6 Å². The number of nitrogens with zero attached hydrogens (tertiary/aromatic N) is 3. The molecule has 1 N–H and O–H groups in total. The summed E-state index contributed by atoms with van der Waals surface area (Å²) in [5.74, 6) is -0.487. The lowest BCUT2D eigenvalue weighted by Crippen LogP contribution is -2.40. The number of carbonyl (C=O) groups excluding carboxylic acids is 1. The van der Waals surface area contributed by atoms with Gasteiger partial charge in [0.2, 0.25) is 0 Å². The molecule has 8 nitrogen and oxygen atoms in total. The molecule has 40 heavy (non-hydrogen) atoms. The molecule has 3 aromatic rings. The summed E-state index contributed by atoms with van der Waals surface area (Å²) in [7, 11) is 1.62. The van der Waals surface area contributed by atoms with Crippen molar-refractivity contribution in [3.8, 4) is 11.5 Å². The molecule has 1 saturated carbocycles. The van der Waals surface area contributed by atoms with Gasteiger partial charge in [-0.25, -0.2) is 9.78 Å². The molecular weight excluding hydrogens is 525 g/mol. The summed E-state index contributed by atoms with van der Waals surface area (Å²) >= 11 is 0. The van der Waals surface area contributed by atoms with Crippen LogP contribution in [0.2, 0.25) is 0 Å². The average molecular weight is 559 g/mol. The van der Waals surface area contributed by atoms with Crippen molar-refractivity contribution >= 4 is 23.2 Å². The molecule has 214 valence electrons. The lowest BCUT2D eigenvalue weighted by molar-refractivity contribution is -0.210. The van der Waals surface area contributed by atoms with Crippen LogP contribution in [-0.4, -0.2) is 47.5 Å². The van der Waals surface area contributed by atoms with Crippen molar-refractivity contribution in [2.45, 2.75) is 64.0 Å². The number of rotatable bonds is 11. The van der Waals surface area contributed by atoms with E-state index in [2.05, 4.69) is 24.9 Å². The molecular formula is C29H33F3N4O4. The molecule has 11 heteroatoms. The summed E-state index contributed by atoms with van der Waals surface area (Å²) < 4.78 is 54.3. The van der Waals surface area contributed by atoms with E-state index in [1.165, 1.54) is 13.8 Å². The number of hydrogen-bond donors (Lipinski definition) is 1. The number of halogens is 3. The lowest BCUT2D eigenvalue weighted by atomic mass is 10.1. The van der Waals surface area contributed by atoms with Crippen LogP contribution in [0.15, 0.2) is 61.1 Å². The Hall–Kier alpha value is -4.02. The molecule has 1 aromatic carbocycles. The zero-order valence-electron chi connectivity index (χ0n) is 22.7. The van der Waals surface area contributed by atoms with Crippen LogP contribution in [0.1, 0.15) is 45.1 Å². The Bertz CT molecular complexity index is 1260. The molecule has 4 rings (SSSR count). The largest absolute Gasteiger partial charge is 0.493 e. The zero-order valence-corrected chi connectivity index (χ0v) is 22.7. The molecule has 0 unspecified atom stereocenters. The van der Waals surface area contributed by atoms with E-state index in [0.29, 0.717) is 23.9 Å². The Morgan fingerprint density at radius 3 is 2.42 bits per heavy atom. The topological polar surface area (TPSA) is 85.8 Å². The number of hydrogen-bond acceptors (Lipinski definition) is 8. The third kappa shape index (κ3) is 7.77. The first-order valence-corrected chi connectivity index (χ1v) is 13.1. The highest BCUT2D eigenvalue weighted by molar-refractivity contribution is 5.76. The van der Waals surface area contributed by atoms with Crippen LogP contribution in [0.4, 0.5) is 30.4 Å². The fourth-order valence-corrected chi connectivity index (χ4v) is 4.42. The van der Waals surface area contributed by atoms with Crippen molar-refractivity contribution in [2.75, 3.05) is 23.9 Å². The smallest absolute Gasteiger partial charge is 0.490 e. The number of methoxy groups -OCH3 is 1. The predicted molar refractivity (Wildman–Crippen MR) is 145 cm³/mol. The number of benzene rings is 1. The van der Waals surface area contributed by atoms with Gasteiger partial charge in [-0.2, -0.15) is 13.2 Å². The van der Waals surface area contributed by atoms with Gasteiger partial charge in [-0.3, -0.25) is 4.98 Å². The van der Waals surface area contributed by atoms with E-state index >= 15 is 0 Å². The van der Waals surface area contributed by atoms with E-state index in [1.54, 1.807) is 31.8 Å². The third-order valence-electron chi connectivity index (χ3n) is 6.47. The van der Waals surface area contributed by atoms with Gasteiger partial charge in [0.1, 0.15) is 11.4 Å². The fourth-order valence-electron chi connectivity index (χ4n) is 4.42. The molecule has 0 aliphatic heterocycles. The minimum absolute atomic E-state index is 0.0685. The summed E-state index contributed by atoms with van der Waals surface area (Å²) in [5, 5.41) is 2.94. The van der Waals surface area contributed by atoms with Crippen LogP contribution < -0.4 is 19.7 Å². The van der Waals surface area contributed by atoms with Gasteiger partial charge in [0.25, 0.3) is 0 Å². The molecule has 0 bridgehead atoms. The molecule has 2 aromatic heterocycles. The molecule has 1 aliphatic rings. The second kappa shape index (κ2) is 12.4. The van der Waals surface area contributed by atoms with Crippen LogP contribution in [0.5, 0.6) is 11.5 Å². The van der Waals surface area contributed by atoms with E-state index in [0.717, 1.165) is 42.6 Å². The van der Waals surface area contributed by atoms with Crippen LogP contribution >= 0.6 is 0 Å². The molecule has 0 spiro atoms. The van der Waals surface area contributed by atoms with E-state index in [9.17, 15) is 18.0 Å². The molecule has 0 amide bonds. The summed E-state index contributed by atoms with van der Waals surface area (Å²) in [6.07, 6.45) is 4.58. The number of pyridine rings is 2. The van der Waals surface area contributed by atoms with Crippen LogP contribution in [0.25, 0.3) is 0 Å². The van der Waals surface area contributed by atoms with Crippen molar-refractivity contribution in [3.05, 3.63) is 66.6 Å². The van der Waals surface area contributed by atoms with Gasteiger partial charge >= 0.3 is 12.1 Å². The molecule has 0 saturated heterocycles. The summed E-state index contributed by atoms with van der Waals surface area (Å²) in [5.41, 5.74) is 1.21. The minimum atomic E-state index is -5.06. The summed E-state index contributed by atoms with van der Waals surface area (Å²) in [6.45, 7) is 3.21. The first kappa shape index (κ1) is 29.0. The van der Waals surface area contributed by atoms with Crippen LogP contribution in [0.3, 0.4) is 0 Å². The average Bonchev–Trinajstić information content (AvgIpc) is 3.44.